The van der Waals surface area contributed by atoms with Crippen LogP contribution in [0.5, 0.6) is 0 Å². The molecule has 1 atom stereocenters. The summed E-state index contributed by atoms with van der Waals surface area (Å²) >= 11 is 0. The van der Waals surface area contributed by atoms with Crippen LogP contribution in [0.3, 0.4) is 0 Å². The smallest absolute Gasteiger partial charge is 0.498 e. The number of halogens is 6. The number of rotatable bonds is 7. The summed E-state index contributed by atoms with van der Waals surface area (Å²) in [7, 11) is -13.3. The first-order valence-electron chi connectivity index (χ1n) is 7.53. The van der Waals surface area contributed by atoms with Crippen molar-refractivity contribution >= 4 is 19.7 Å². The van der Waals surface area contributed by atoms with E-state index < -0.39 is 53.7 Å². The average molecular weight is 432 g/mol. The van der Waals surface area contributed by atoms with E-state index in [0.717, 1.165) is 12.7 Å². The molecular formula is C13H18F6O5S2. The second-order valence-corrected chi connectivity index (χ2v) is 10.4. The van der Waals surface area contributed by atoms with Crippen molar-refractivity contribution in [2.45, 2.75) is 60.2 Å². The first kappa shape index (κ1) is 23.1. The summed E-state index contributed by atoms with van der Waals surface area (Å²) < 4.78 is 124. The zero-order valence-electron chi connectivity index (χ0n) is 13.4. The number of ether oxygens (including phenoxy) is 1. The first-order chi connectivity index (χ1) is 11.7. The Hall–Kier alpha value is -0.980. The summed E-state index contributed by atoms with van der Waals surface area (Å²) in [5.41, 5.74) is -12.3. The molecule has 1 fully saturated rings. The van der Waals surface area contributed by atoms with Gasteiger partial charge in [0.25, 0.3) is 19.7 Å². The van der Waals surface area contributed by atoms with Gasteiger partial charge in [-0.1, -0.05) is 25.8 Å². The summed E-state index contributed by atoms with van der Waals surface area (Å²) in [5, 5.41) is 0. The predicted molar refractivity (Wildman–Crippen MR) is 80.0 cm³/mol. The third-order valence-corrected chi connectivity index (χ3v) is 8.79. The number of hydrogen-bond donors (Lipinski definition) is 0. The van der Waals surface area contributed by atoms with Crippen LogP contribution < -0.4 is 0 Å². The Bertz CT molecular complexity index is 646. The zero-order valence-corrected chi connectivity index (χ0v) is 15.0. The molecule has 5 nitrogen and oxygen atoms in total. The maximum Gasteiger partial charge on any atom is 0.498 e. The van der Waals surface area contributed by atoms with Gasteiger partial charge in [0.15, 0.2) is 4.58 Å². The Morgan fingerprint density at radius 3 is 1.69 bits per heavy atom. The molecule has 0 heterocycles. The van der Waals surface area contributed by atoms with E-state index in [1.54, 1.807) is 0 Å². The van der Waals surface area contributed by atoms with Crippen LogP contribution in [-0.4, -0.2) is 38.5 Å². The van der Waals surface area contributed by atoms with Gasteiger partial charge in [-0.15, -0.1) is 0 Å². The van der Waals surface area contributed by atoms with Crippen molar-refractivity contribution in [1.29, 1.82) is 0 Å². The first-order valence-corrected chi connectivity index (χ1v) is 10.6. The van der Waals surface area contributed by atoms with Gasteiger partial charge in [0.2, 0.25) is 0 Å². The van der Waals surface area contributed by atoms with Crippen LogP contribution in [0.2, 0.25) is 0 Å². The SMILES string of the molecule is C=COC(CC(S(=O)(=O)C(F)(F)F)S(=O)(=O)C(F)(F)F)C1CCCCC1. The Kier molecular flexibility index (Phi) is 7.05. The van der Waals surface area contributed by atoms with Gasteiger partial charge in [0.05, 0.1) is 6.26 Å². The van der Waals surface area contributed by atoms with Gasteiger partial charge in [0.1, 0.15) is 6.10 Å². The quantitative estimate of drug-likeness (QED) is 0.453. The lowest BCUT2D eigenvalue weighted by Gasteiger charge is -2.32. The topological polar surface area (TPSA) is 77.5 Å². The van der Waals surface area contributed by atoms with E-state index in [1.165, 1.54) is 0 Å². The number of sulfone groups is 2. The second-order valence-electron chi connectivity index (χ2n) is 5.89. The van der Waals surface area contributed by atoms with Gasteiger partial charge in [-0.2, -0.15) is 26.3 Å². The van der Waals surface area contributed by atoms with E-state index in [2.05, 4.69) is 6.58 Å². The van der Waals surface area contributed by atoms with Gasteiger partial charge in [-0.25, -0.2) is 16.8 Å². The number of alkyl halides is 6. The van der Waals surface area contributed by atoms with E-state index in [-0.39, 0.29) is 0 Å². The maximum atomic E-state index is 12.8. The Balaban J connectivity index is 3.38. The molecule has 0 amide bonds. The minimum absolute atomic E-state index is 0.364. The highest BCUT2D eigenvalue weighted by Gasteiger charge is 2.63. The van der Waals surface area contributed by atoms with Crippen molar-refractivity contribution < 1.29 is 47.9 Å². The van der Waals surface area contributed by atoms with Crippen LogP contribution in [-0.2, 0) is 24.4 Å². The minimum atomic E-state index is -6.65. The van der Waals surface area contributed by atoms with Crippen LogP contribution in [0.15, 0.2) is 12.8 Å². The number of hydrogen-bond acceptors (Lipinski definition) is 5. The molecule has 0 N–H and O–H groups in total. The third kappa shape index (κ3) is 4.84. The van der Waals surface area contributed by atoms with E-state index in [9.17, 15) is 43.2 Å². The standard InChI is InChI=1S/C13H18F6O5S2/c1-2-24-10(9-6-4-3-5-7-9)8-11(25(20,21)12(14,15)16)26(22,23)13(17,18)19/h2,9-11H,1,3-8H2. The molecule has 1 aliphatic carbocycles. The molecule has 0 aromatic carbocycles. The van der Waals surface area contributed by atoms with E-state index in [1.807, 2.05) is 0 Å². The third-order valence-electron chi connectivity index (χ3n) is 4.21. The normalized spacial score (nSPS) is 19.3. The molecule has 1 rings (SSSR count). The van der Waals surface area contributed by atoms with Crippen molar-refractivity contribution in [3.63, 3.8) is 0 Å². The monoisotopic (exact) mass is 432 g/mol. The van der Waals surface area contributed by atoms with Gasteiger partial charge in [-0.3, -0.25) is 0 Å². The predicted octanol–water partition coefficient (Wildman–Crippen LogP) is 3.68. The summed E-state index contributed by atoms with van der Waals surface area (Å²) in [6.07, 6.45) is 0.563. The molecule has 13 heteroatoms. The van der Waals surface area contributed by atoms with Gasteiger partial charge in [0, 0.05) is 6.42 Å². The van der Waals surface area contributed by atoms with E-state index >= 15 is 0 Å². The molecule has 154 valence electrons. The molecule has 1 saturated carbocycles. The molecule has 0 bridgehead atoms. The van der Waals surface area contributed by atoms with E-state index in [4.69, 9.17) is 4.74 Å². The van der Waals surface area contributed by atoms with Gasteiger partial charge >= 0.3 is 11.0 Å². The van der Waals surface area contributed by atoms with Crippen LogP contribution in [0.25, 0.3) is 0 Å². The van der Waals surface area contributed by atoms with Crippen molar-refractivity contribution in [2.75, 3.05) is 0 Å². The highest BCUT2D eigenvalue weighted by Crippen LogP contribution is 2.40. The van der Waals surface area contributed by atoms with Crippen molar-refractivity contribution in [2.24, 2.45) is 5.92 Å². The maximum absolute atomic E-state index is 12.8. The van der Waals surface area contributed by atoms with E-state index in [0.29, 0.717) is 25.7 Å². The summed E-state index contributed by atoms with van der Waals surface area (Å²) in [6.45, 7) is 3.16. The molecule has 1 aliphatic rings. The fourth-order valence-corrected chi connectivity index (χ4v) is 6.37. The molecule has 0 radical (unpaired) electrons. The Morgan fingerprint density at radius 1 is 0.923 bits per heavy atom. The summed E-state index contributed by atoms with van der Waals surface area (Å²) in [4.78, 5) is 0. The Labute approximate surface area is 147 Å². The summed E-state index contributed by atoms with van der Waals surface area (Å²) in [6, 6.07) is 0. The Morgan fingerprint density at radius 2 is 1.35 bits per heavy atom. The molecular weight excluding hydrogens is 414 g/mol. The largest absolute Gasteiger partial charge is 0.498 e. The lowest BCUT2D eigenvalue weighted by atomic mass is 9.84. The highest BCUT2D eigenvalue weighted by atomic mass is 32.3. The van der Waals surface area contributed by atoms with Gasteiger partial charge in [-0.05, 0) is 18.8 Å². The average Bonchev–Trinajstić information content (AvgIpc) is 2.49. The second kappa shape index (κ2) is 7.95. The van der Waals surface area contributed by atoms with Gasteiger partial charge < -0.3 is 4.74 Å². The van der Waals surface area contributed by atoms with Crippen molar-refractivity contribution in [3.05, 3.63) is 12.8 Å². The van der Waals surface area contributed by atoms with Crippen molar-refractivity contribution in [1.82, 2.24) is 0 Å². The van der Waals surface area contributed by atoms with Crippen LogP contribution in [0, 0.1) is 5.92 Å². The van der Waals surface area contributed by atoms with Crippen molar-refractivity contribution in [3.8, 4) is 0 Å². The zero-order chi connectivity index (χ0) is 20.4. The molecule has 26 heavy (non-hydrogen) atoms. The lowest BCUT2D eigenvalue weighted by molar-refractivity contribution is -0.0481. The minimum Gasteiger partial charge on any atom is -0.498 e. The summed E-state index contributed by atoms with van der Waals surface area (Å²) in [5.74, 6) is -0.573. The van der Waals surface area contributed by atoms with Crippen LogP contribution >= 0.6 is 0 Å². The van der Waals surface area contributed by atoms with Crippen LogP contribution in [0.4, 0.5) is 26.3 Å². The molecule has 0 aromatic heterocycles. The molecule has 0 spiro atoms. The molecule has 0 aliphatic heterocycles. The highest BCUT2D eigenvalue weighted by molar-refractivity contribution is 8.09. The molecule has 1 unspecified atom stereocenters. The fraction of sp³-hybridized carbons (Fsp3) is 0.846. The molecule has 0 saturated heterocycles. The fourth-order valence-electron chi connectivity index (χ4n) is 2.90. The lowest BCUT2D eigenvalue weighted by Crippen LogP contribution is -2.47. The van der Waals surface area contributed by atoms with Crippen LogP contribution in [0.1, 0.15) is 38.5 Å². The molecule has 0 aromatic rings.